The Bertz CT molecular complexity index is 403. The minimum Gasteiger partial charge on any atom is -0.233 e. The number of aromatic nitrogens is 2. The van der Waals surface area contributed by atoms with Crippen molar-refractivity contribution in [3.63, 3.8) is 0 Å². The molecule has 0 spiro atoms. The fourth-order valence-corrected chi connectivity index (χ4v) is 1.15. The molecule has 86 valence electrons. The fraction of sp³-hybridized carbons (Fsp3) is 0.455. The van der Waals surface area contributed by atoms with E-state index >= 15 is 0 Å². The van der Waals surface area contributed by atoms with Gasteiger partial charge >= 0.3 is 6.18 Å². The molecule has 1 unspecified atom stereocenters. The highest BCUT2D eigenvalue weighted by atomic mass is 19.4. The van der Waals surface area contributed by atoms with Crippen LogP contribution in [0.1, 0.15) is 31.7 Å². The number of hydrogen-bond acceptors (Lipinski definition) is 2. The van der Waals surface area contributed by atoms with Crippen molar-refractivity contribution in [2.75, 3.05) is 0 Å². The summed E-state index contributed by atoms with van der Waals surface area (Å²) in [6.45, 7) is 3.62. The van der Waals surface area contributed by atoms with Crippen molar-refractivity contribution in [1.82, 2.24) is 9.97 Å². The van der Waals surface area contributed by atoms with Crippen LogP contribution in [0.2, 0.25) is 0 Å². The second kappa shape index (κ2) is 4.12. The summed E-state index contributed by atoms with van der Waals surface area (Å²) in [5.41, 5.74) is -0.102. The summed E-state index contributed by atoms with van der Waals surface area (Å²) in [6, 6.07) is 0. The zero-order valence-electron chi connectivity index (χ0n) is 8.97. The van der Waals surface area contributed by atoms with Crippen LogP contribution in [-0.2, 0) is 11.6 Å². The summed E-state index contributed by atoms with van der Waals surface area (Å²) >= 11 is 0. The van der Waals surface area contributed by atoms with E-state index in [4.69, 9.17) is 6.42 Å². The van der Waals surface area contributed by atoms with Gasteiger partial charge in [0.1, 0.15) is 0 Å². The van der Waals surface area contributed by atoms with Gasteiger partial charge in [-0.15, -0.1) is 6.42 Å². The topological polar surface area (TPSA) is 25.8 Å². The third kappa shape index (κ3) is 2.32. The molecule has 1 aromatic heterocycles. The first-order chi connectivity index (χ1) is 7.33. The van der Waals surface area contributed by atoms with Crippen molar-refractivity contribution in [3.8, 4) is 12.3 Å². The Kier molecular flexibility index (Phi) is 3.22. The maximum absolute atomic E-state index is 12.2. The van der Waals surface area contributed by atoms with Crippen LogP contribution in [0.25, 0.3) is 0 Å². The normalized spacial score (nSPS) is 15.2. The van der Waals surface area contributed by atoms with Crippen LogP contribution in [0.4, 0.5) is 13.2 Å². The molecule has 0 aliphatic rings. The maximum atomic E-state index is 12.2. The standard InChI is InChI=1S/C11H11F3N2/c1-4-10(3,5-2)8-6-15-9(16-7-8)11(12,13)14/h1,6-7H,5H2,2-3H3. The van der Waals surface area contributed by atoms with E-state index in [0.29, 0.717) is 12.0 Å². The highest BCUT2D eigenvalue weighted by molar-refractivity contribution is 5.29. The van der Waals surface area contributed by atoms with Gasteiger partial charge < -0.3 is 0 Å². The molecule has 1 heterocycles. The average Bonchev–Trinajstić information content (AvgIpc) is 2.27. The second-order valence-electron chi connectivity index (χ2n) is 3.62. The predicted octanol–water partition coefficient (Wildman–Crippen LogP) is 2.80. The molecule has 16 heavy (non-hydrogen) atoms. The van der Waals surface area contributed by atoms with Crippen molar-refractivity contribution in [2.24, 2.45) is 0 Å². The molecule has 2 nitrogen and oxygen atoms in total. The smallest absolute Gasteiger partial charge is 0.233 e. The lowest BCUT2D eigenvalue weighted by molar-refractivity contribution is -0.145. The molecule has 0 saturated heterocycles. The summed E-state index contributed by atoms with van der Waals surface area (Å²) in [5.74, 6) is 1.39. The SMILES string of the molecule is C#CC(C)(CC)c1cnc(C(F)(F)F)nc1. The Balaban J connectivity index is 3.10. The van der Waals surface area contributed by atoms with E-state index in [0.717, 1.165) is 12.4 Å². The molecule has 0 saturated carbocycles. The number of hydrogen-bond donors (Lipinski definition) is 0. The Morgan fingerprint density at radius 2 is 1.81 bits per heavy atom. The molecule has 5 heteroatoms. The van der Waals surface area contributed by atoms with Gasteiger partial charge in [0, 0.05) is 18.0 Å². The molecular formula is C11H11F3N2. The summed E-state index contributed by atoms with van der Waals surface area (Å²) < 4.78 is 36.6. The average molecular weight is 228 g/mol. The largest absolute Gasteiger partial charge is 0.451 e. The third-order valence-electron chi connectivity index (χ3n) is 2.57. The van der Waals surface area contributed by atoms with Gasteiger partial charge in [0.25, 0.3) is 0 Å². The Labute approximate surface area is 91.9 Å². The fourth-order valence-electron chi connectivity index (χ4n) is 1.15. The number of terminal acetylenes is 1. The molecule has 0 aliphatic carbocycles. The van der Waals surface area contributed by atoms with Gasteiger partial charge in [-0.3, -0.25) is 0 Å². The number of halogens is 3. The van der Waals surface area contributed by atoms with Crippen LogP contribution in [0, 0.1) is 12.3 Å². The lowest BCUT2D eigenvalue weighted by Crippen LogP contribution is -2.20. The van der Waals surface area contributed by atoms with Gasteiger partial charge in [-0.25, -0.2) is 9.97 Å². The minimum absolute atomic E-state index is 0.519. The zero-order valence-corrected chi connectivity index (χ0v) is 8.97. The lowest BCUT2D eigenvalue weighted by Gasteiger charge is -2.21. The van der Waals surface area contributed by atoms with Crippen molar-refractivity contribution in [1.29, 1.82) is 0 Å². The van der Waals surface area contributed by atoms with Gasteiger partial charge in [0.15, 0.2) is 0 Å². The van der Waals surface area contributed by atoms with Crippen LogP contribution in [-0.4, -0.2) is 9.97 Å². The van der Waals surface area contributed by atoms with E-state index in [1.54, 1.807) is 6.92 Å². The Morgan fingerprint density at radius 3 is 2.12 bits per heavy atom. The number of rotatable bonds is 2. The van der Waals surface area contributed by atoms with E-state index in [9.17, 15) is 13.2 Å². The van der Waals surface area contributed by atoms with E-state index in [1.165, 1.54) is 0 Å². The molecule has 1 rings (SSSR count). The van der Waals surface area contributed by atoms with Crippen LogP contribution in [0.5, 0.6) is 0 Å². The number of nitrogens with zero attached hydrogens (tertiary/aromatic N) is 2. The molecule has 0 aliphatic heterocycles. The highest BCUT2D eigenvalue weighted by Gasteiger charge is 2.35. The Hall–Kier alpha value is -1.57. The van der Waals surface area contributed by atoms with Crippen LogP contribution >= 0.6 is 0 Å². The summed E-state index contributed by atoms with van der Waals surface area (Å²) in [4.78, 5) is 6.56. The first-order valence-electron chi connectivity index (χ1n) is 4.71. The first-order valence-corrected chi connectivity index (χ1v) is 4.71. The monoisotopic (exact) mass is 228 g/mol. The zero-order chi connectivity index (χ0) is 12.4. The molecular weight excluding hydrogens is 217 g/mol. The van der Waals surface area contributed by atoms with Crippen molar-refractivity contribution < 1.29 is 13.2 Å². The summed E-state index contributed by atoms with van der Waals surface area (Å²) in [7, 11) is 0. The van der Waals surface area contributed by atoms with Crippen molar-refractivity contribution >= 4 is 0 Å². The molecule has 1 atom stereocenters. The van der Waals surface area contributed by atoms with E-state index < -0.39 is 17.4 Å². The predicted molar refractivity (Wildman–Crippen MR) is 53.5 cm³/mol. The molecule has 0 aromatic carbocycles. The van der Waals surface area contributed by atoms with Gasteiger partial charge in [-0.1, -0.05) is 12.8 Å². The van der Waals surface area contributed by atoms with Gasteiger partial charge in [0.05, 0.1) is 5.41 Å². The second-order valence-corrected chi connectivity index (χ2v) is 3.62. The minimum atomic E-state index is -4.52. The first kappa shape index (κ1) is 12.5. The maximum Gasteiger partial charge on any atom is 0.451 e. The molecule has 0 N–H and O–H groups in total. The molecule has 0 amide bonds. The van der Waals surface area contributed by atoms with Crippen molar-refractivity contribution in [3.05, 3.63) is 23.8 Å². The van der Waals surface area contributed by atoms with E-state index in [-0.39, 0.29) is 0 Å². The quantitative estimate of drug-likeness (QED) is 0.727. The van der Waals surface area contributed by atoms with Crippen LogP contribution in [0.15, 0.2) is 12.4 Å². The molecule has 0 radical (unpaired) electrons. The third-order valence-corrected chi connectivity index (χ3v) is 2.57. The Morgan fingerprint density at radius 1 is 1.31 bits per heavy atom. The van der Waals surface area contributed by atoms with Gasteiger partial charge in [-0.2, -0.15) is 13.2 Å². The van der Waals surface area contributed by atoms with Crippen LogP contribution < -0.4 is 0 Å². The van der Waals surface area contributed by atoms with Crippen LogP contribution in [0.3, 0.4) is 0 Å². The molecule has 1 aromatic rings. The van der Waals surface area contributed by atoms with E-state index in [2.05, 4.69) is 15.9 Å². The molecule has 0 bridgehead atoms. The lowest BCUT2D eigenvalue weighted by atomic mass is 9.83. The molecule has 0 fully saturated rings. The summed E-state index contributed by atoms with van der Waals surface area (Å²) in [6.07, 6.45) is 3.71. The van der Waals surface area contributed by atoms with Crippen molar-refractivity contribution in [2.45, 2.75) is 31.9 Å². The number of alkyl halides is 3. The summed E-state index contributed by atoms with van der Waals surface area (Å²) in [5, 5.41) is 0. The van der Waals surface area contributed by atoms with Gasteiger partial charge in [0.2, 0.25) is 5.82 Å². The van der Waals surface area contributed by atoms with E-state index in [1.807, 2.05) is 6.92 Å². The highest BCUT2D eigenvalue weighted by Crippen LogP contribution is 2.29. The van der Waals surface area contributed by atoms with Gasteiger partial charge in [-0.05, 0) is 13.3 Å².